The van der Waals surface area contributed by atoms with E-state index < -0.39 is 9.84 Å². The molecule has 1 atom stereocenters. The van der Waals surface area contributed by atoms with Crippen molar-refractivity contribution in [2.24, 2.45) is 4.99 Å². The number of rotatable bonds is 7. The zero-order chi connectivity index (χ0) is 18.3. The molecule has 0 saturated carbocycles. The maximum Gasteiger partial charge on any atom is 0.193 e. The van der Waals surface area contributed by atoms with Gasteiger partial charge in [0.2, 0.25) is 0 Å². The monoisotopic (exact) mass is 367 g/mol. The SMILES string of the molecule is CCNC(=NCCCS(C)(=O)=O)N1CCC(c2ccc(OC)cc2)C1. The van der Waals surface area contributed by atoms with Gasteiger partial charge in [0.15, 0.2) is 5.96 Å². The summed E-state index contributed by atoms with van der Waals surface area (Å²) in [5, 5.41) is 3.32. The third-order valence-corrected chi connectivity index (χ3v) is 5.37. The highest BCUT2D eigenvalue weighted by molar-refractivity contribution is 7.90. The van der Waals surface area contributed by atoms with Gasteiger partial charge < -0.3 is 15.0 Å². The standard InChI is InChI=1S/C18H29N3O3S/c1-4-19-18(20-11-5-13-25(3,22)23)21-12-10-16(14-21)15-6-8-17(24-2)9-7-15/h6-9,16H,4-5,10-14H2,1-3H3,(H,19,20). The molecule has 0 aromatic heterocycles. The van der Waals surface area contributed by atoms with E-state index in [-0.39, 0.29) is 5.75 Å². The molecule has 0 bridgehead atoms. The lowest BCUT2D eigenvalue weighted by Crippen LogP contribution is -2.40. The molecule has 1 heterocycles. The van der Waals surface area contributed by atoms with Crippen LogP contribution in [0.3, 0.4) is 0 Å². The third-order valence-electron chi connectivity index (χ3n) is 4.34. The Morgan fingerprint density at radius 2 is 2.08 bits per heavy atom. The molecule has 0 amide bonds. The summed E-state index contributed by atoms with van der Waals surface area (Å²) in [5.41, 5.74) is 1.32. The van der Waals surface area contributed by atoms with Crippen LogP contribution in [-0.4, -0.2) is 64.6 Å². The van der Waals surface area contributed by atoms with Gasteiger partial charge >= 0.3 is 0 Å². The molecule has 1 unspecified atom stereocenters. The first-order chi connectivity index (χ1) is 11.9. The highest BCUT2D eigenvalue weighted by atomic mass is 32.2. The van der Waals surface area contributed by atoms with Crippen LogP contribution in [0.4, 0.5) is 0 Å². The van der Waals surface area contributed by atoms with Crippen LogP contribution in [0.5, 0.6) is 5.75 Å². The third kappa shape index (κ3) is 6.23. The molecule has 1 aliphatic rings. The van der Waals surface area contributed by atoms with Crippen LogP contribution in [0.2, 0.25) is 0 Å². The molecular weight excluding hydrogens is 338 g/mol. The van der Waals surface area contributed by atoms with Crippen LogP contribution in [0.15, 0.2) is 29.3 Å². The van der Waals surface area contributed by atoms with Crippen LogP contribution < -0.4 is 10.1 Å². The van der Waals surface area contributed by atoms with Crippen molar-refractivity contribution in [3.05, 3.63) is 29.8 Å². The van der Waals surface area contributed by atoms with Crippen LogP contribution in [-0.2, 0) is 9.84 Å². The fourth-order valence-electron chi connectivity index (χ4n) is 3.04. The summed E-state index contributed by atoms with van der Waals surface area (Å²) in [6.07, 6.45) is 2.91. The molecule has 0 aliphatic carbocycles. The van der Waals surface area contributed by atoms with Crippen molar-refractivity contribution < 1.29 is 13.2 Å². The molecular formula is C18H29N3O3S. The predicted octanol–water partition coefficient (Wildman–Crippen LogP) is 1.88. The Labute approximate surface area is 151 Å². The van der Waals surface area contributed by atoms with Gasteiger partial charge in [-0.2, -0.15) is 0 Å². The maximum atomic E-state index is 11.2. The molecule has 0 radical (unpaired) electrons. The first kappa shape index (κ1) is 19.6. The highest BCUT2D eigenvalue weighted by Gasteiger charge is 2.26. The summed E-state index contributed by atoms with van der Waals surface area (Å²) in [7, 11) is -1.24. The number of hydrogen-bond donors (Lipinski definition) is 1. The molecule has 25 heavy (non-hydrogen) atoms. The van der Waals surface area contributed by atoms with Crippen LogP contribution in [0.25, 0.3) is 0 Å². The fraction of sp³-hybridized carbons (Fsp3) is 0.611. The van der Waals surface area contributed by atoms with Crippen LogP contribution >= 0.6 is 0 Å². The number of nitrogens with one attached hydrogen (secondary N) is 1. The van der Waals surface area contributed by atoms with E-state index in [4.69, 9.17) is 4.74 Å². The molecule has 140 valence electrons. The number of hydrogen-bond acceptors (Lipinski definition) is 4. The summed E-state index contributed by atoms with van der Waals surface area (Å²) in [6.45, 7) is 5.25. The molecule has 0 spiro atoms. The van der Waals surface area contributed by atoms with Crippen LogP contribution in [0, 0.1) is 0 Å². The molecule has 6 nitrogen and oxygen atoms in total. The van der Waals surface area contributed by atoms with Gasteiger partial charge in [0.25, 0.3) is 0 Å². The van der Waals surface area contributed by atoms with Gasteiger partial charge in [-0.1, -0.05) is 12.1 Å². The van der Waals surface area contributed by atoms with Gasteiger partial charge in [0.1, 0.15) is 15.6 Å². The number of ether oxygens (including phenoxy) is 1. The number of aliphatic imine (C=N–C) groups is 1. The van der Waals surface area contributed by atoms with E-state index in [1.54, 1.807) is 7.11 Å². The van der Waals surface area contributed by atoms with Gasteiger partial charge in [-0.15, -0.1) is 0 Å². The van der Waals surface area contributed by atoms with Crippen molar-refractivity contribution in [2.45, 2.75) is 25.7 Å². The van der Waals surface area contributed by atoms with Crippen LogP contribution in [0.1, 0.15) is 31.2 Å². The predicted molar refractivity (Wildman–Crippen MR) is 102 cm³/mol. The number of benzene rings is 1. The molecule has 1 N–H and O–H groups in total. The zero-order valence-electron chi connectivity index (χ0n) is 15.4. The smallest absolute Gasteiger partial charge is 0.193 e. The maximum absolute atomic E-state index is 11.2. The van der Waals surface area contributed by atoms with E-state index in [2.05, 4.69) is 27.3 Å². The average molecular weight is 368 g/mol. The lowest BCUT2D eigenvalue weighted by molar-refractivity contribution is 0.414. The minimum Gasteiger partial charge on any atom is -0.497 e. The number of likely N-dealkylation sites (tertiary alicyclic amines) is 1. The Bertz CT molecular complexity index is 671. The molecule has 1 aliphatic heterocycles. The molecule has 1 aromatic rings. The zero-order valence-corrected chi connectivity index (χ0v) is 16.2. The Balaban J connectivity index is 1.95. The second kappa shape index (κ2) is 9.08. The molecule has 1 fully saturated rings. The number of nitrogens with zero attached hydrogens (tertiary/aromatic N) is 2. The largest absolute Gasteiger partial charge is 0.497 e. The van der Waals surface area contributed by atoms with Crippen molar-refractivity contribution in [1.82, 2.24) is 10.2 Å². The first-order valence-corrected chi connectivity index (χ1v) is 10.8. The van der Waals surface area contributed by atoms with Gasteiger partial charge in [-0.25, -0.2) is 8.42 Å². The molecule has 1 saturated heterocycles. The molecule has 1 aromatic carbocycles. The van der Waals surface area contributed by atoms with Gasteiger partial charge in [0, 0.05) is 38.4 Å². The van der Waals surface area contributed by atoms with Crippen molar-refractivity contribution in [3.8, 4) is 5.75 Å². The summed E-state index contributed by atoms with van der Waals surface area (Å²) >= 11 is 0. The van der Waals surface area contributed by atoms with E-state index in [0.29, 0.717) is 18.9 Å². The van der Waals surface area contributed by atoms with Gasteiger partial charge in [0.05, 0.1) is 12.9 Å². The lowest BCUT2D eigenvalue weighted by Gasteiger charge is -2.21. The lowest BCUT2D eigenvalue weighted by atomic mass is 9.98. The van der Waals surface area contributed by atoms with E-state index in [0.717, 1.165) is 37.8 Å². The Hall–Kier alpha value is -1.76. The minimum absolute atomic E-state index is 0.185. The normalized spacial score (nSPS) is 18.4. The molecule has 2 rings (SSSR count). The number of guanidine groups is 1. The van der Waals surface area contributed by atoms with Gasteiger partial charge in [-0.05, 0) is 37.5 Å². The highest BCUT2D eigenvalue weighted by Crippen LogP contribution is 2.28. The van der Waals surface area contributed by atoms with E-state index in [1.807, 2.05) is 19.1 Å². The Kier molecular flexibility index (Phi) is 7.11. The van der Waals surface area contributed by atoms with E-state index in [1.165, 1.54) is 11.8 Å². The topological polar surface area (TPSA) is 71.0 Å². The summed E-state index contributed by atoms with van der Waals surface area (Å²) in [4.78, 5) is 6.86. The number of methoxy groups -OCH3 is 1. The molecule has 7 heteroatoms. The van der Waals surface area contributed by atoms with Crippen molar-refractivity contribution in [2.75, 3.05) is 45.3 Å². The minimum atomic E-state index is -2.92. The van der Waals surface area contributed by atoms with E-state index in [9.17, 15) is 8.42 Å². The quantitative estimate of drug-likeness (QED) is 0.453. The summed E-state index contributed by atoms with van der Waals surface area (Å²) in [6, 6.07) is 8.26. The van der Waals surface area contributed by atoms with Gasteiger partial charge in [-0.3, -0.25) is 4.99 Å². The van der Waals surface area contributed by atoms with E-state index >= 15 is 0 Å². The van der Waals surface area contributed by atoms with Crippen molar-refractivity contribution >= 4 is 15.8 Å². The first-order valence-electron chi connectivity index (χ1n) is 8.78. The second-order valence-corrected chi connectivity index (χ2v) is 8.68. The van der Waals surface area contributed by atoms with Crippen molar-refractivity contribution in [1.29, 1.82) is 0 Å². The average Bonchev–Trinajstić information content (AvgIpc) is 3.07. The summed E-state index contributed by atoms with van der Waals surface area (Å²) in [5.74, 6) is 2.42. The summed E-state index contributed by atoms with van der Waals surface area (Å²) < 4.78 is 27.7. The Morgan fingerprint density at radius 1 is 1.36 bits per heavy atom. The fourth-order valence-corrected chi connectivity index (χ4v) is 3.69. The second-order valence-electron chi connectivity index (χ2n) is 6.42. The number of sulfone groups is 1. The van der Waals surface area contributed by atoms with Crippen molar-refractivity contribution in [3.63, 3.8) is 0 Å². The Morgan fingerprint density at radius 3 is 2.68 bits per heavy atom.